The minimum Gasteiger partial charge on any atom is 0 e. The zero-order valence-corrected chi connectivity index (χ0v) is 11.2. The molecule has 0 saturated carbocycles. The summed E-state index contributed by atoms with van der Waals surface area (Å²) in [6.07, 6.45) is 0. The Hall–Kier alpha value is 5.13. The number of hydrogen-bond donors (Lipinski definition) is 0. The molecule has 0 saturated heterocycles. The van der Waals surface area contributed by atoms with Gasteiger partial charge in [0.05, 0.1) is 0 Å². The van der Waals surface area contributed by atoms with Crippen molar-refractivity contribution < 1.29 is 125 Å². The second-order valence-corrected chi connectivity index (χ2v) is 0. The first kappa shape index (κ1) is 43.4. The van der Waals surface area contributed by atoms with Gasteiger partial charge in [-0.3, -0.25) is 0 Å². The average Bonchev–Trinajstić information content (AvgIpc) is 0. The van der Waals surface area contributed by atoms with Gasteiger partial charge >= 0.3 is 37.7 Å². The fourth-order valence-corrected chi connectivity index (χ4v) is 0. The van der Waals surface area contributed by atoms with E-state index >= 15 is 0 Å². The van der Waals surface area contributed by atoms with Crippen LogP contribution in [0.1, 0.15) is 0 Å². The maximum Gasteiger partial charge on any atom is 0 e. The zero-order valence-electron chi connectivity index (χ0n) is 2.30. The molecule has 0 fully saturated rings. The Morgan fingerprint density at radius 2 is 1.00 bits per heavy atom. The normalized spacial score (nSPS) is 0. The summed E-state index contributed by atoms with van der Waals surface area (Å²) >= 11 is 0. The standard InChI is InChI=1S/Ca.Ni.H2O.Pr.Sm.Ti.2H/h;;1H2;;;;;. The van der Waals surface area contributed by atoms with E-state index in [4.69, 9.17) is 0 Å². The Morgan fingerprint density at radius 3 is 1.00 bits per heavy atom. The van der Waals surface area contributed by atoms with Crippen molar-refractivity contribution in [3.8, 4) is 0 Å². The van der Waals surface area contributed by atoms with Crippen LogP contribution in [0.4, 0.5) is 0 Å². The Morgan fingerprint density at radius 1 is 1.00 bits per heavy atom. The summed E-state index contributed by atoms with van der Waals surface area (Å²) in [5, 5.41) is 0. The molecular weight excluding hydrogens is 454 g/mol. The van der Waals surface area contributed by atoms with Gasteiger partial charge in [-0.15, -0.1) is 0 Å². The van der Waals surface area contributed by atoms with E-state index in [9.17, 15) is 0 Å². The Balaban J connectivity index is 0. The van der Waals surface area contributed by atoms with Gasteiger partial charge in [0.1, 0.15) is 0 Å². The van der Waals surface area contributed by atoms with Crippen LogP contribution in [0.5, 0.6) is 0 Å². The van der Waals surface area contributed by atoms with Crippen LogP contribution in [-0.2, 0) is 38.2 Å². The summed E-state index contributed by atoms with van der Waals surface area (Å²) in [6.45, 7) is 0. The van der Waals surface area contributed by atoms with Gasteiger partial charge in [0, 0.05) is 120 Å². The van der Waals surface area contributed by atoms with Gasteiger partial charge in [0.25, 0.3) is 0 Å². The molecule has 0 amide bonds. The minimum atomic E-state index is 0. The van der Waals surface area contributed by atoms with Gasteiger partial charge in [-0.05, 0) is 0 Å². The van der Waals surface area contributed by atoms with E-state index in [-0.39, 0.29) is 163 Å². The van der Waals surface area contributed by atoms with E-state index in [0.717, 1.165) is 0 Å². The smallest absolute Gasteiger partial charge is 0 e. The molecule has 0 aliphatic heterocycles. The number of hydrogen-bond acceptors (Lipinski definition) is 0. The van der Waals surface area contributed by atoms with Gasteiger partial charge < -0.3 is 5.48 Å². The fraction of sp³-hybridized carbons (Fsp3) is 0. The molecule has 6 heavy (non-hydrogen) atoms. The largest absolute Gasteiger partial charge is 0 e. The summed E-state index contributed by atoms with van der Waals surface area (Å²) in [6, 6.07) is 0. The predicted molar refractivity (Wildman–Crippen MR) is 12.2 cm³/mol. The Labute approximate surface area is 158 Å². The fourth-order valence-electron chi connectivity index (χ4n) is 0. The van der Waals surface area contributed by atoms with Crippen LogP contribution in [-0.4, -0.2) is 43.2 Å². The predicted octanol–water partition coefficient (Wildman–Crippen LogP) is -1.75. The third kappa shape index (κ3) is 22.9. The van der Waals surface area contributed by atoms with Gasteiger partial charge in [0.15, 0.2) is 0 Å². The van der Waals surface area contributed by atoms with Crippen LogP contribution in [0.15, 0.2) is 0 Å². The van der Waals surface area contributed by atoms with Crippen molar-refractivity contribution in [2.45, 2.75) is 0 Å². The molecule has 1 nitrogen and oxygen atoms in total. The van der Waals surface area contributed by atoms with E-state index in [1.807, 2.05) is 0 Å². The van der Waals surface area contributed by atoms with E-state index in [0.29, 0.717) is 0 Å². The zero-order chi connectivity index (χ0) is 0. The second-order valence-electron chi connectivity index (χ2n) is 0. The summed E-state index contributed by atoms with van der Waals surface area (Å²) in [5.74, 6) is 0. The molecule has 0 heterocycles. The van der Waals surface area contributed by atoms with Crippen molar-refractivity contribution in [3.05, 3.63) is 0 Å². The molecule has 0 spiro atoms. The van der Waals surface area contributed by atoms with Crippen LogP contribution in [0.25, 0.3) is 0 Å². The molecule has 6 heteroatoms. The quantitative estimate of drug-likeness (QED) is 0.387. The first-order valence-corrected chi connectivity index (χ1v) is 0. The molecule has 0 unspecified atom stereocenters. The first-order valence-electron chi connectivity index (χ1n) is 0. The summed E-state index contributed by atoms with van der Waals surface area (Å²) in [5.41, 5.74) is 0. The molecule has 0 atom stereocenters. The molecule has 35 valence electrons. The Kier molecular flexibility index (Phi) is 232. The molecule has 0 bridgehead atoms. The monoisotopic (exact) mass is 459 g/mol. The van der Waals surface area contributed by atoms with Crippen LogP contribution >= 0.6 is 0 Å². The van der Waals surface area contributed by atoms with Crippen molar-refractivity contribution >= 4 is 37.7 Å². The van der Waals surface area contributed by atoms with Crippen LogP contribution in [0.3, 0.4) is 0 Å². The molecule has 0 aromatic carbocycles. The second kappa shape index (κ2) is 32.1. The molecule has 0 aliphatic carbocycles. The molecular formula is H4CaNiOPrSmTi. The van der Waals surface area contributed by atoms with E-state index in [1.54, 1.807) is 0 Å². The Bertz CT molecular complexity index is 15.5. The summed E-state index contributed by atoms with van der Waals surface area (Å²) in [7, 11) is 0. The average molecular weight is 458 g/mol. The molecule has 2 N–H and O–H groups in total. The van der Waals surface area contributed by atoms with Gasteiger partial charge in [-0.25, -0.2) is 0 Å². The molecule has 0 aliphatic rings. The SMILES string of the molecule is O.[CaH2].[Ni].[Pr].[Sm].[Ti]. The topological polar surface area (TPSA) is 31.5 Å². The first-order chi connectivity index (χ1) is 0. The van der Waals surface area contributed by atoms with Crippen molar-refractivity contribution in [1.82, 2.24) is 0 Å². The molecule has 0 aromatic heterocycles. The van der Waals surface area contributed by atoms with Gasteiger partial charge in [0.2, 0.25) is 0 Å². The van der Waals surface area contributed by atoms with Gasteiger partial charge in [-0.2, -0.15) is 0 Å². The van der Waals surface area contributed by atoms with Crippen molar-refractivity contribution in [1.29, 1.82) is 0 Å². The third-order valence-corrected chi connectivity index (χ3v) is 0. The van der Waals surface area contributed by atoms with E-state index < -0.39 is 0 Å². The van der Waals surface area contributed by atoms with Crippen molar-refractivity contribution in [2.75, 3.05) is 0 Å². The molecule has 0 rings (SSSR count). The maximum atomic E-state index is 0. The van der Waals surface area contributed by atoms with Crippen LogP contribution in [0, 0.1) is 81.7 Å². The minimum absolute atomic E-state index is 0. The molecule has 0 aromatic rings. The van der Waals surface area contributed by atoms with Gasteiger partial charge in [-0.1, -0.05) is 0 Å². The van der Waals surface area contributed by atoms with Crippen molar-refractivity contribution in [3.63, 3.8) is 0 Å². The maximum absolute atomic E-state index is 0. The van der Waals surface area contributed by atoms with Crippen LogP contribution in [0.2, 0.25) is 0 Å². The van der Waals surface area contributed by atoms with E-state index in [1.165, 1.54) is 0 Å². The summed E-state index contributed by atoms with van der Waals surface area (Å²) in [4.78, 5) is 0. The van der Waals surface area contributed by atoms with Crippen molar-refractivity contribution in [2.24, 2.45) is 0 Å². The summed E-state index contributed by atoms with van der Waals surface area (Å²) < 4.78 is 0. The van der Waals surface area contributed by atoms with E-state index in [2.05, 4.69) is 0 Å². The third-order valence-electron chi connectivity index (χ3n) is 0. The number of rotatable bonds is 0. The van der Waals surface area contributed by atoms with Crippen LogP contribution < -0.4 is 0 Å². The molecule has 1 radical (unpaired) electrons.